The Kier molecular flexibility index (Phi) is 6.70. The Bertz CT molecular complexity index is 1550. The summed E-state index contributed by atoms with van der Waals surface area (Å²) in [5.41, 5.74) is -1.30. The van der Waals surface area contributed by atoms with E-state index in [0.717, 1.165) is 39.4 Å². The summed E-state index contributed by atoms with van der Waals surface area (Å²) in [6.45, 7) is 8.16. The van der Waals surface area contributed by atoms with Gasteiger partial charge in [0.15, 0.2) is 5.41 Å². The molecular formula is C27H31N7O6. The number of rotatable bonds is 5. The molecule has 13 heteroatoms. The molecule has 4 amide bonds. The van der Waals surface area contributed by atoms with E-state index in [4.69, 9.17) is 0 Å². The highest BCUT2D eigenvalue weighted by Crippen LogP contribution is 2.47. The summed E-state index contributed by atoms with van der Waals surface area (Å²) in [6, 6.07) is 4.21. The van der Waals surface area contributed by atoms with Crippen LogP contribution in [0.5, 0.6) is 5.88 Å². The topological polar surface area (TPSA) is 152 Å². The first-order valence-electron chi connectivity index (χ1n) is 13.0. The number of aliphatic imine (C=N–C) groups is 1. The molecule has 210 valence electrons. The summed E-state index contributed by atoms with van der Waals surface area (Å²) in [5, 5.41) is 10.5. The molecule has 3 aliphatic heterocycles. The van der Waals surface area contributed by atoms with Crippen LogP contribution in [-0.2, 0) is 22.6 Å². The normalized spacial score (nSPS) is 20.8. The smallest absolute Gasteiger partial charge is 0.332 e. The standard InChI is InChI=1S/C27H31N7O6/c1-5-9-34-22(36)18(21(35)29-25(34)39)14-28-17-7-8-19-16(12-17)13-27(20-15-32(6-2)10-11-33(19)20)23(37)30(3)26(40)31(4)24(27)38/h5,7-8,12,14,20,36H,1,6,9-11,13,15H2,2-4H3,(H,29,35,39)/t20-/m0/s1. The highest BCUT2D eigenvalue weighted by atomic mass is 16.3. The monoisotopic (exact) mass is 549 g/mol. The number of fused-ring (bicyclic) bond motifs is 4. The molecule has 3 aliphatic rings. The number of hydrogen-bond acceptors (Lipinski definition) is 9. The second kappa shape index (κ2) is 9.90. The van der Waals surface area contributed by atoms with Crippen LogP contribution in [0.1, 0.15) is 18.1 Å². The van der Waals surface area contributed by atoms with E-state index in [9.17, 15) is 29.1 Å². The number of carbonyl (C=O) groups excluding carboxylic acids is 3. The van der Waals surface area contributed by atoms with Gasteiger partial charge in [0.05, 0.1) is 11.7 Å². The summed E-state index contributed by atoms with van der Waals surface area (Å²) in [4.78, 5) is 77.4. The summed E-state index contributed by atoms with van der Waals surface area (Å²) in [7, 11) is 2.79. The van der Waals surface area contributed by atoms with Crippen LogP contribution >= 0.6 is 0 Å². The molecule has 1 aromatic heterocycles. The number of imide groups is 2. The molecule has 1 spiro atoms. The molecule has 2 N–H and O–H groups in total. The molecule has 4 heterocycles. The fraction of sp³-hybridized carbons (Fsp3) is 0.407. The van der Waals surface area contributed by atoms with Crippen LogP contribution in [0.25, 0.3) is 0 Å². The Morgan fingerprint density at radius 2 is 1.82 bits per heavy atom. The molecule has 2 fully saturated rings. The molecule has 13 nitrogen and oxygen atoms in total. The van der Waals surface area contributed by atoms with E-state index in [0.29, 0.717) is 24.3 Å². The van der Waals surface area contributed by atoms with Gasteiger partial charge in [-0.2, -0.15) is 0 Å². The van der Waals surface area contributed by atoms with Crippen LogP contribution < -0.4 is 16.1 Å². The minimum Gasteiger partial charge on any atom is -0.494 e. The fourth-order valence-electron chi connectivity index (χ4n) is 5.98. The van der Waals surface area contributed by atoms with Gasteiger partial charge in [-0.15, -0.1) is 6.58 Å². The number of allylic oxidation sites excluding steroid dienone is 1. The maximum absolute atomic E-state index is 13.8. The number of H-pyrrole nitrogens is 1. The van der Waals surface area contributed by atoms with Crippen molar-refractivity contribution in [1.82, 2.24) is 24.3 Å². The molecule has 5 rings (SSSR count). The fourth-order valence-corrected chi connectivity index (χ4v) is 5.98. The highest BCUT2D eigenvalue weighted by Gasteiger charge is 2.63. The molecule has 1 atom stereocenters. The summed E-state index contributed by atoms with van der Waals surface area (Å²) in [6.07, 6.45) is 2.64. The number of likely N-dealkylation sites (N-methyl/N-ethyl adjacent to an activating group) is 1. The van der Waals surface area contributed by atoms with Crippen molar-refractivity contribution in [1.29, 1.82) is 0 Å². The Labute approximate surface area is 229 Å². The molecule has 0 radical (unpaired) electrons. The molecule has 40 heavy (non-hydrogen) atoms. The maximum Gasteiger partial charge on any atom is 0.332 e. The molecular weight excluding hydrogens is 518 g/mol. The third-order valence-corrected chi connectivity index (χ3v) is 8.13. The number of benzene rings is 1. The number of anilines is 1. The minimum absolute atomic E-state index is 0.0108. The molecule has 0 bridgehead atoms. The molecule has 0 saturated carbocycles. The number of barbiturate groups is 1. The summed E-state index contributed by atoms with van der Waals surface area (Å²) < 4.78 is 0.955. The quantitative estimate of drug-likeness (QED) is 0.307. The summed E-state index contributed by atoms with van der Waals surface area (Å²) >= 11 is 0. The first-order valence-corrected chi connectivity index (χ1v) is 13.0. The molecule has 0 unspecified atom stereocenters. The number of aromatic hydroxyl groups is 1. The van der Waals surface area contributed by atoms with Crippen LogP contribution in [0.3, 0.4) is 0 Å². The lowest BCUT2D eigenvalue weighted by molar-refractivity contribution is -0.160. The number of piperazine rings is 1. The Hall–Kier alpha value is -4.52. The molecule has 1 aromatic carbocycles. The zero-order valence-electron chi connectivity index (χ0n) is 22.6. The van der Waals surface area contributed by atoms with E-state index in [1.807, 2.05) is 13.0 Å². The van der Waals surface area contributed by atoms with Crippen LogP contribution in [0.4, 0.5) is 16.2 Å². The largest absolute Gasteiger partial charge is 0.494 e. The van der Waals surface area contributed by atoms with Gasteiger partial charge in [0.2, 0.25) is 17.7 Å². The zero-order valence-corrected chi connectivity index (χ0v) is 22.6. The van der Waals surface area contributed by atoms with Gasteiger partial charge >= 0.3 is 11.7 Å². The molecule has 2 aromatic rings. The lowest BCUT2D eigenvalue weighted by Gasteiger charge is -2.56. The number of carbonyl (C=O) groups is 3. The van der Waals surface area contributed by atoms with Gasteiger partial charge in [0, 0.05) is 52.2 Å². The Morgan fingerprint density at radius 3 is 2.48 bits per heavy atom. The van der Waals surface area contributed by atoms with Gasteiger partial charge in [0.1, 0.15) is 5.56 Å². The zero-order chi connectivity index (χ0) is 28.9. The van der Waals surface area contributed by atoms with E-state index in [1.54, 1.807) is 12.1 Å². The SMILES string of the molecule is C=CCn1c(O)c(C=Nc2ccc3c(c2)CC2(C(=O)N(C)C(=O)N(C)C2=O)[C@@H]2CN(CC)CCN32)c(=O)[nH]c1=O. The number of aromatic amines is 1. The lowest BCUT2D eigenvalue weighted by Crippen LogP contribution is -2.74. The molecule has 0 aliphatic carbocycles. The van der Waals surface area contributed by atoms with Gasteiger partial charge in [-0.3, -0.25) is 43.6 Å². The van der Waals surface area contributed by atoms with Gasteiger partial charge in [-0.1, -0.05) is 13.0 Å². The number of amides is 4. The van der Waals surface area contributed by atoms with Crippen LogP contribution in [0, 0.1) is 5.41 Å². The van der Waals surface area contributed by atoms with Gasteiger partial charge in [-0.25, -0.2) is 9.59 Å². The number of nitrogens with zero attached hydrogens (tertiary/aromatic N) is 6. The van der Waals surface area contributed by atoms with Crippen LogP contribution in [0.15, 0.2) is 45.4 Å². The maximum atomic E-state index is 13.8. The second-order valence-electron chi connectivity index (χ2n) is 10.2. The van der Waals surface area contributed by atoms with E-state index in [-0.39, 0.29) is 18.5 Å². The second-order valence-corrected chi connectivity index (χ2v) is 10.2. The Morgan fingerprint density at radius 1 is 1.12 bits per heavy atom. The van der Waals surface area contributed by atoms with Gasteiger partial charge < -0.3 is 10.0 Å². The predicted molar refractivity (Wildman–Crippen MR) is 147 cm³/mol. The predicted octanol–water partition coefficient (Wildman–Crippen LogP) is 0.282. The number of urea groups is 1. The number of nitrogens with one attached hydrogen (secondary N) is 1. The molecule has 2 saturated heterocycles. The van der Waals surface area contributed by atoms with Crippen molar-refractivity contribution in [2.45, 2.75) is 25.9 Å². The van der Waals surface area contributed by atoms with Crippen LogP contribution in [-0.4, -0.2) is 99.7 Å². The van der Waals surface area contributed by atoms with Crippen LogP contribution in [0.2, 0.25) is 0 Å². The van der Waals surface area contributed by atoms with E-state index < -0.39 is 46.4 Å². The lowest BCUT2D eigenvalue weighted by atomic mass is 9.67. The third-order valence-electron chi connectivity index (χ3n) is 8.13. The number of aromatic nitrogens is 2. The average Bonchev–Trinajstić information content (AvgIpc) is 2.95. The van der Waals surface area contributed by atoms with Gasteiger partial charge in [0.25, 0.3) is 5.56 Å². The van der Waals surface area contributed by atoms with Crippen molar-refractivity contribution in [3.63, 3.8) is 0 Å². The first-order chi connectivity index (χ1) is 19.0. The van der Waals surface area contributed by atoms with E-state index in [2.05, 4.69) is 26.4 Å². The van der Waals surface area contributed by atoms with E-state index >= 15 is 0 Å². The van der Waals surface area contributed by atoms with Crippen molar-refractivity contribution < 1.29 is 19.5 Å². The summed E-state index contributed by atoms with van der Waals surface area (Å²) in [5.74, 6) is -1.61. The first kappa shape index (κ1) is 27.1. The number of hydrogen-bond donors (Lipinski definition) is 2. The van der Waals surface area contributed by atoms with Crippen molar-refractivity contribution in [3.8, 4) is 5.88 Å². The average molecular weight is 550 g/mol. The van der Waals surface area contributed by atoms with E-state index in [1.165, 1.54) is 20.2 Å². The van der Waals surface area contributed by atoms with Crippen molar-refractivity contribution in [2.24, 2.45) is 10.4 Å². The third kappa shape index (κ3) is 3.96. The van der Waals surface area contributed by atoms with Crippen molar-refractivity contribution >= 4 is 35.4 Å². The van der Waals surface area contributed by atoms with Crippen molar-refractivity contribution in [2.75, 3.05) is 45.2 Å². The minimum atomic E-state index is -1.50. The van der Waals surface area contributed by atoms with Gasteiger partial charge in [-0.05, 0) is 36.7 Å². The van der Waals surface area contributed by atoms with Crippen molar-refractivity contribution in [3.05, 3.63) is 62.8 Å². The Balaban J connectivity index is 1.59. The highest BCUT2D eigenvalue weighted by molar-refractivity contribution is 6.20.